The van der Waals surface area contributed by atoms with Gasteiger partial charge in [0.15, 0.2) is 0 Å². The standard InChI is InChI=1S/C17H33NO5/c1-4-20-12-15(13-21-5-2)18-17(19)6-7-22-8-9-23-16-10-14(3)11-16/h14-16H,4-13H2,1-3H3,(H,18,19). The molecule has 6 nitrogen and oxygen atoms in total. The van der Waals surface area contributed by atoms with Crippen molar-refractivity contribution in [2.24, 2.45) is 5.92 Å². The molecule has 1 rings (SSSR count). The molecule has 0 aliphatic heterocycles. The second-order valence-corrected chi connectivity index (χ2v) is 6.02. The second kappa shape index (κ2) is 12.7. The van der Waals surface area contributed by atoms with E-state index >= 15 is 0 Å². The van der Waals surface area contributed by atoms with Crippen LogP contribution in [0.15, 0.2) is 0 Å². The van der Waals surface area contributed by atoms with Gasteiger partial charge in [-0.15, -0.1) is 0 Å². The molecule has 0 radical (unpaired) electrons. The van der Waals surface area contributed by atoms with Crippen LogP contribution in [0.1, 0.15) is 40.0 Å². The Balaban J connectivity index is 2.00. The molecule has 1 fully saturated rings. The maximum absolute atomic E-state index is 11.9. The molecule has 136 valence electrons. The van der Waals surface area contributed by atoms with E-state index in [1.54, 1.807) is 0 Å². The van der Waals surface area contributed by atoms with E-state index in [4.69, 9.17) is 18.9 Å². The first-order valence-corrected chi connectivity index (χ1v) is 8.79. The molecule has 1 amide bonds. The molecule has 1 aliphatic rings. The van der Waals surface area contributed by atoms with E-state index < -0.39 is 0 Å². The highest BCUT2D eigenvalue weighted by atomic mass is 16.5. The summed E-state index contributed by atoms with van der Waals surface area (Å²) >= 11 is 0. The van der Waals surface area contributed by atoms with Gasteiger partial charge < -0.3 is 24.3 Å². The average molecular weight is 331 g/mol. The van der Waals surface area contributed by atoms with Crippen molar-refractivity contribution < 1.29 is 23.7 Å². The topological polar surface area (TPSA) is 66.0 Å². The monoisotopic (exact) mass is 331 g/mol. The van der Waals surface area contributed by atoms with E-state index in [0.29, 0.717) is 58.8 Å². The first-order valence-electron chi connectivity index (χ1n) is 8.79. The molecule has 1 N–H and O–H groups in total. The molecule has 1 aliphatic carbocycles. The van der Waals surface area contributed by atoms with Gasteiger partial charge >= 0.3 is 0 Å². The van der Waals surface area contributed by atoms with Crippen molar-refractivity contribution in [3.63, 3.8) is 0 Å². The fourth-order valence-corrected chi connectivity index (χ4v) is 2.46. The van der Waals surface area contributed by atoms with Crippen molar-refractivity contribution >= 4 is 5.91 Å². The molecule has 6 heteroatoms. The fourth-order valence-electron chi connectivity index (χ4n) is 2.46. The van der Waals surface area contributed by atoms with Crippen molar-refractivity contribution in [2.45, 2.75) is 52.2 Å². The Bertz CT molecular complexity index is 299. The van der Waals surface area contributed by atoms with Gasteiger partial charge in [0.2, 0.25) is 5.91 Å². The third kappa shape index (κ3) is 9.91. The summed E-state index contributed by atoms with van der Waals surface area (Å²) in [6.45, 7) is 9.84. The molecular weight excluding hydrogens is 298 g/mol. The Labute approximate surface area is 140 Å². The summed E-state index contributed by atoms with van der Waals surface area (Å²) in [4.78, 5) is 11.9. The maximum atomic E-state index is 11.9. The number of nitrogens with one attached hydrogen (secondary N) is 1. The number of hydrogen-bond donors (Lipinski definition) is 1. The smallest absolute Gasteiger partial charge is 0.222 e. The summed E-state index contributed by atoms with van der Waals surface area (Å²) in [5.74, 6) is 0.758. The highest BCUT2D eigenvalue weighted by Gasteiger charge is 2.25. The van der Waals surface area contributed by atoms with E-state index in [-0.39, 0.29) is 11.9 Å². The first-order chi connectivity index (χ1) is 11.2. The van der Waals surface area contributed by atoms with Gasteiger partial charge in [-0.3, -0.25) is 4.79 Å². The van der Waals surface area contributed by atoms with Crippen LogP contribution in [0.5, 0.6) is 0 Å². The van der Waals surface area contributed by atoms with Crippen LogP contribution in [0, 0.1) is 5.92 Å². The van der Waals surface area contributed by atoms with Gasteiger partial charge in [-0.05, 0) is 32.6 Å². The summed E-state index contributed by atoms with van der Waals surface area (Å²) < 4.78 is 21.8. The quantitative estimate of drug-likeness (QED) is 0.491. The minimum Gasteiger partial charge on any atom is -0.380 e. The lowest BCUT2D eigenvalue weighted by molar-refractivity contribution is -0.124. The van der Waals surface area contributed by atoms with E-state index in [1.165, 1.54) is 0 Å². The van der Waals surface area contributed by atoms with E-state index in [0.717, 1.165) is 18.8 Å². The number of carbonyl (C=O) groups excluding carboxylic acids is 1. The lowest BCUT2D eigenvalue weighted by atomic mass is 9.84. The van der Waals surface area contributed by atoms with Gasteiger partial charge in [0.05, 0.1) is 45.2 Å². The normalized spacial score (nSPS) is 20.5. The molecule has 0 heterocycles. The Kier molecular flexibility index (Phi) is 11.2. The van der Waals surface area contributed by atoms with Gasteiger partial charge in [0, 0.05) is 19.6 Å². The van der Waals surface area contributed by atoms with Crippen LogP contribution in [0.3, 0.4) is 0 Å². The summed E-state index contributed by atoms with van der Waals surface area (Å²) in [6.07, 6.45) is 3.07. The van der Waals surface area contributed by atoms with Gasteiger partial charge in [-0.25, -0.2) is 0 Å². The molecular formula is C17H33NO5. The molecule has 0 saturated heterocycles. The highest BCUT2D eigenvalue weighted by molar-refractivity contribution is 5.76. The van der Waals surface area contributed by atoms with Crippen molar-refractivity contribution in [2.75, 3.05) is 46.2 Å². The van der Waals surface area contributed by atoms with Crippen molar-refractivity contribution in [3.05, 3.63) is 0 Å². The molecule has 0 bridgehead atoms. The van der Waals surface area contributed by atoms with Gasteiger partial charge in [0.1, 0.15) is 0 Å². The molecule has 0 aromatic rings. The predicted octanol–water partition coefficient (Wildman–Crippen LogP) is 1.77. The van der Waals surface area contributed by atoms with E-state index in [1.807, 2.05) is 13.8 Å². The predicted molar refractivity (Wildman–Crippen MR) is 88.5 cm³/mol. The lowest BCUT2D eigenvalue weighted by Crippen LogP contribution is -2.42. The van der Waals surface area contributed by atoms with Gasteiger partial charge in [0.25, 0.3) is 0 Å². The van der Waals surface area contributed by atoms with E-state index in [2.05, 4.69) is 12.2 Å². The van der Waals surface area contributed by atoms with Crippen LogP contribution in [0.25, 0.3) is 0 Å². The van der Waals surface area contributed by atoms with Crippen LogP contribution in [-0.2, 0) is 23.7 Å². The largest absolute Gasteiger partial charge is 0.380 e. The molecule has 1 saturated carbocycles. The summed E-state index contributed by atoms with van der Waals surface area (Å²) in [5, 5.41) is 2.92. The van der Waals surface area contributed by atoms with Crippen LogP contribution in [0.4, 0.5) is 0 Å². The number of amides is 1. The number of hydrogen-bond acceptors (Lipinski definition) is 5. The summed E-state index contributed by atoms with van der Waals surface area (Å²) in [7, 11) is 0. The molecule has 0 aromatic heterocycles. The van der Waals surface area contributed by atoms with Gasteiger partial charge in [-0.1, -0.05) is 6.92 Å². The molecule has 0 atom stereocenters. The highest BCUT2D eigenvalue weighted by Crippen LogP contribution is 2.28. The van der Waals surface area contributed by atoms with E-state index in [9.17, 15) is 4.79 Å². The number of rotatable bonds is 14. The fraction of sp³-hybridized carbons (Fsp3) is 0.941. The van der Waals surface area contributed by atoms with Crippen LogP contribution in [0.2, 0.25) is 0 Å². The average Bonchev–Trinajstić information content (AvgIpc) is 2.51. The Hall–Kier alpha value is -0.690. The number of carbonyl (C=O) groups is 1. The minimum atomic E-state index is -0.105. The van der Waals surface area contributed by atoms with Crippen LogP contribution >= 0.6 is 0 Å². The van der Waals surface area contributed by atoms with Gasteiger partial charge in [-0.2, -0.15) is 0 Å². The van der Waals surface area contributed by atoms with Crippen molar-refractivity contribution in [1.82, 2.24) is 5.32 Å². The second-order valence-electron chi connectivity index (χ2n) is 6.02. The lowest BCUT2D eigenvalue weighted by Gasteiger charge is -2.32. The molecule has 0 aromatic carbocycles. The maximum Gasteiger partial charge on any atom is 0.222 e. The molecule has 0 spiro atoms. The van der Waals surface area contributed by atoms with Crippen LogP contribution in [-0.4, -0.2) is 64.3 Å². The zero-order valence-corrected chi connectivity index (χ0v) is 14.8. The third-order valence-corrected chi connectivity index (χ3v) is 3.80. The zero-order chi connectivity index (χ0) is 16.9. The summed E-state index contributed by atoms with van der Waals surface area (Å²) in [6, 6.07) is -0.105. The molecule has 23 heavy (non-hydrogen) atoms. The Morgan fingerprint density at radius 3 is 2.26 bits per heavy atom. The van der Waals surface area contributed by atoms with Crippen LogP contribution < -0.4 is 5.32 Å². The SMILES string of the molecule is CCOCC(COCC)NC(=O)CCOCCOC1CC(C)C1. The first kappa shape index (κ1) is 20.4. The Morgan fingerprint density at radius 2 is 1.70 bits per heavy atom. The third-order valence-electron chi connectivity index (χ3n) is 3.80. The molecule has 0 unspecified atom stereocenters. The Morgan fingerprint density at radius 1 is 1.04 bits per heavy atom. The van der Waals surface area contributed by atoms with Crippen molar-refractivity contribution in [3.8, 4) is 0 Å². The zero-order valence-electron chi connectivity index (χ0n) is 14.8. The van der Waals surface area contributed by atoms with Crippen molar-refractivity contribution in [1.29, 1.82) is 0 Å². The number of ether oxygens (including phenoxy) is 4. The summed E-state index contributed by atoms with van der Waals surface area (Å²) in [5.41, 5.74) is 0. The minimum absolute atomic E-state index is 0.0388.